The van der Waals surface area contributed by atoms with Crippen LogP contribution in [0.4, 0.5) is 0 Å². The summed E-state index contributed by atoms with van der Waals surface area (Å²) in [4.78, 5) is 0. The molecule has 2 aromatic heterocycles. The predicted octanol–water partition coefficient (Wildman–Crippen LogP) is 9.97. The van der Waals surface area contributed by atoms with Gasteiger partial charge in [0, 0.05) is 36.1 Å². The third-order valence-corrected chi connectivity index (χ3v) is 8.42. The largest absolute Gasteiger partial charge is 0.205 e. The van der Waals surface area contributed by atoms with Crippen molar-refractivity contribution < 1.29 is 9.13 Å². The van der Waals surface area contributed by atoms with Gasteiger partial charge in [-0.15, -0.1) is 0 Å². The van der Waals surface area contributed by atoms with E-state index in [0.717, 1.165) is 0 Å². The van der Waals surface area contributed by atoms with Crippen LogP contribution in [0.25, 0.3) is 0 Å². The summed E-state index contributed by atoms with van der Waals surface area (Å²) in [6.45, 7) is 2.34. The molecule has 0 spiro atoms. The van der Waals surface area contributed by atoms with Crippen molar-refractivity contribution in [2.24, 2.45) is 0 Å². The first-order chi connectivity index (χ1) is 19.9. The summed E-state index contributed by atoms with van der Waals surface area (Å²) in [6, 6.07) is 9.12. The maximum atomic E-state index is 2.43. The van der Waals surface area contributed by atoms with Crippen LogP contribution >= 0.6 is 0 Å². The molecule has 0 saturated carbocycles. The summed E-state index contributed by atoms with van der Waals surface area (Å²) in [5, 5.41) is 0. The lowest BCUT2D eigenvalue weighted by atomic mass is 10.1. The zero-order chi connectivity index (χ0) is 27.8. The lowest BCUT2D eigenvalue weighted by molar-refractivity contribution is -0.697. The summed E-state index contributed by atoms with van der Waals surface area (Å²) in [6.07, 6.45) is 48.0. The molecule has 1 aliphatic heterocycles. The first-order valence-corrected chi connectivity index (χ1v) is 17.2. The van der Waals surface area contributed by atoms with Gasteiger partial charge >= 0.3 is 0 Å². The molecule has 2 nitrogen and oxygen atoms in total. The van der Waals surface area contributed by atoms with Crippen molar-refractivity contribution in [1.29, 1.82) is 0 Å². The van der Waals surface area contributed by atoms with E-state index in [1.807, 2.05) is 0 Å². The molecule has 4 bridgehead atoms. The lowest BCUT2D eigenvalue weighted by Gasteiger charge is -2.03. The SMILES string of the molecule is C1=C/CCCCCc2ccc[n+](c2)CCCCCCC/C=C/CCCCCc2ccc[n+](c2)CCCCCCC/1. The molecule has 0 aromatic carbocycles. The summed E-state index contributed by atoms with van der Waals surface area (Å²) < 4.78 is 4.84. The zero-order valence-electron chi connectivity index (χ0n) is 25.8. The molecule has 0 atom stereocenters. The van der Waals surface area contributed by atoms with Crippen molar-refractivity contribution >= 4 is 0 Å². The van der Waals surface area contributed by atoms with Gasteiger partial charge in [0.2, 0.25) is 0 Å². The second-order valence-electron chi connectivity index (χ2n) is 12.2. The van der Waals surface area contributed by atoms with Gasteiger partial charge in [-0.05, 0) is 102 Å². The molecule has 0 radical (unpaired) electrons. The number of aromatic nitrogens is 2. The Hall–Kier alpha value is -2.22. The van der Waals surface area contributed by atoms with E-state index in [4.69, 9.17) is 0 Å². The summed E-state index contributed by atoms with van der Waals surface area (Å²) in [7, 11) is 0. The number of hydrogen-bond donors (Lipinski definition) is 0. The molecular formula is C38H60N2+2. The predicted molar refractivity (Wildman–Crippen MR) is 171 cm³/mol. The molecule has 220 valence electrons. The quantitative estimate of drug-likeness (QED) is 0.230. The first kappa shape index (κ1) is 32.3. The van der Waals surface area contributed by atoms with Crippen molar-refractivity contribution in [1.82, 2.24) is 0 Å². The van der Waals surface area contributed by atoms with Crippen molar-refractivity contribution in [2.45, 2.75) is 154 Å². The minimum atomic E-state index is 1.17. The number of pyridine rings is 2. The summed E-state index contributed by atoms with van der Waals surface area (Å²) >= 11 is 0. The molecule has 3 heterocycles. The van der Waals surface area contributed by atoms with E-state index in [-0.39, 0.29) is 0 Å². The minimum absolute atomic E-state index is 1.17. The molecule has 0 N–H and O–H groups in total. The number of fused-ring (bicyclic) bond motifs is 4. The maximum absolute atomic E-state index is 2.43. The highest BCUT2D eigenvalue weighted by molar-refractivity contribution is 5.06. The smallest absolute Gasteiger partial charge is 0.171 e. The Labute approximate surface area is 247 Å². The van der Waals surface area contributed by atoms with E-state index < -0.39 is 0 Å². The maximum Gasteiger partial charge on any atom is 0.171 e. The molecule has 1 aliphatic rings. The third-order valence-electron chi connectivity index (χ3n) is 8.42. The second kappa shape index (κ2) is 22.5. The topological polar surface area (TPSA) is 7.76 Å². The average Bonchev–Trinajstić information content (AvgIpc) is 2.97. The van der Waals surface area contributed by atoms with Crippen LogP contribution in [-0.2, 0) is 25.9 Å². The van der Waals surface area contributed by atoms with Gasteiger partial charge in [0.1, 0.15) is 13.1 Å². The molecule has 2 aromatic rings. The molecule has 2 heteroatoms. The van der Waals surface area contributed by atoms with Gasteiger partial charge in [0.05, 0.1) is 0 Å². The van der Waals surface area contributed by atoms with Crippen LogP contribution in [0.2, 0.25) is 0 Å². The third kappa shape index (κ3) is 16.1. The lowest BCUT2D eigenvalue weighted by Crippen LogP contribution is -2.33. The van der Waals surface area contributed by atoms with E-state index >= 15 is 0 Å². The number of allylic oxidation sites excluding steroid dienone is 4. The normalized spacial score (nSPS) is 21.0. The zero-order valence-corrected chi connectivity index (χ0v) is 25.8. The van der Waals surface area contributed by atoms with Crippen LogP contribution < -0.4 is 9.13 Å². The molecular weight excluding hydrogens is 484 g/mol. The van der Waals surface area contributed by atoms with Crippen LogP contribution in [0.3, 0.4) is 0 Å². The number of nitrogens with zero attached hydrogens (tertiary/aromatic N) is 2. The highest BCUT2D eigenvalue weighted by atomic mass is 14.9. The summed E-state index contributed by atoms with van der Waals surface area (Å²) in [5.41, 5.74) is 3.02. The Morgan fingerprint density at radius 1 is 0.375 bits per heavy atom. The minimum Gasteiger partial charge on any atom is -0.205 e. The van der Waals surface area contributed by atoms with E-state index in [2.05, 4.69) is 82.5 Å². The molecule has 0 fully saturated rings. The highest BCUT2D eigenvalue weighted by Gasteiger charge is 2.04. The fraction of sp³-hybridized carbons (Fsp3) is 0.632. The van der Waals surface area contributed by atoms with Gasteiger partial charge in [0.25, 0.3) is 0 Å². The standard InChI is InChI=1S/C38H60N2/c1-3-7-11-15-19-23-31-39-33-26-30-38(36-39)28-22-18-14-10-6-2-4-8-12-16-20-24-32-40-34-25-29-37(35-40)27-21-17-13-9-5-1/h1-2,5-6,25-26,29-30,33-36H,3-4,7-24,27-28,31-32H2/q+2/b5-1+,6-2+. The molecule has 0 aliphatic carbocycles. The summed E-state index contributed by atoms with van der Waals surface area (Å²) in [5.74, 6) is 0. The van der Waals surface area contributed by atoms with Crippen molar-refractivity contribution in [3.8, 4) is 0 Å². The molecule has 0 saturated heterocycles. The van der Waals surface area contributed by atoms with Gasteiger partial charge in [-0.25, -0.2) is 9.13 Å². The number of aryl methyl sites for hydroxylation is 4. The van der Waals surface area contributed by atoms with Crippen LogP contribution in [0.1, 0.15) is 140 Å². The van der Waals surface area contributed by atoms with Gasteiger partial charge in [-0.3, -0.25) is 0 Å². The van der Waals surface area contributed by atoms with E-state index in [1.165, 1.54) is 165 Å². The van der Waals surface area contributed by atoms with Crippen LogP contribution in [0, 0.1) is 0 Å². The van der Waals surface area contributed by atoms with Crippen LogP contribution in [0.15, 0.2) is 73.4 Å². The van der Waals surface area contributed by atoms with E-state index in [0.29, 0.717) is 0 Å². The molecule has 3 rings (SSSR count). The van der Waals surface area contributed by atoms with Crippen LogP contribution in [0.5, 0.6) is 0 Å². The van der Waals surface area contributed by atoms with E-state index in [1.54, 1.807) is 0 Å². The monoisotopic (exact) mass is 544 g/mol. The van der Waals surface area contributed by atoms with Gasteiger partial charge < -0.3 is 0 Å². The molecule has 0 amide bonds. The van der Waals surface area contributed by atoms with Crippen molar-refractivity contribution in [3.63, 3.8) is 0 Å². The Morgan fingerprint density at radius 2 is 0.725 bits per heavy atom. The Kier molecular flexibility index (Phi) is 18.1. The van der Waals surface area contributed by atoms with Crippen LogP contribution in [-0.4, -0.2) is 0 Å². The molecule has 0 unspecified atom stereocenters. The van der Waals surface area contributed by atoms with Crippen molar-refractivity contribution in [2.75, 3.05) is 0 Å². The fourth-order valence-electron chi connectivity index (χ4n) is 5.91. The average molecular weight is 545 g/mol. The van der Waals surface area contributed by atoms with E-state index in [9.17, 15) is 0 Å². The van der Waals surface area contributed by atoms with Crippen molar-refractivity contribution in [3.05, 3.63) is 84.5 Å². The van der Waals surface area contributed by atoms with Gasteiger partial charge in [-0.2, -0.15) is 0 Å². The number of hydrogen-bond acceptors (Lipinski definition) is 0. The Bertz CT molecular complexity index is 867. The molecule has 40 heavy (non-hydrogen) atoms. The number of rotatable bonds is 0. The van der Waals surface area contributed by atoms with Gasteiger partial charge in [-0.1, -0.05) is 62.8 Å². The van der Waals surface area contributed by atoms with Gasteiger partial charge in [0.15, 0.2) is 24.8 Å². The first-order valence-electron chi connectivity index (χ1n) is 17.2. The fourth-order valence-corrected chi connectivity index (χ4v) is 5.91. The Morgan fingerprint density at radius 3 is 1.15 bits per heavy atom. The Balaban J connectivity index is 1.36. The highest BCUT2D eigenvalue weighted by Crippen LogP contribution is 2.11. The second-order valence-corrected chi connectivity index (χ2v) is 12.2.